The average Bonchev–Trinajstić information content (AvgIpc) is 2.90. The molecule has 7 heteroatoms. The van der Waals surface area contributed by atoms with Crippen molar-refractivity contribution in [3.63, 3.8) is 0 Å². The molecule has 0 aromatic heterocycles. The van der Waals surface area contributed by atoms with Crippen molar-refractivity contribution in [1.29, 1.82) is 0 Å². The molecule has 0 amide bonds. The fourth-order valence-corrected chi connectivity index (χ4v) is 6.89. The third-order valence-electron chi connectivity index (χ3n) is 7.51. The van der Waals surface area contributed by atoms with Gasteiger partial charge in [-0.25, -0.2) is 9.78 Å². The van der Waals surface area contributed by atoms with Gasteiger partial charge in [0.2, 0.25) is 5.79 Å². The van der Waals surface area contributed by atoms with Crippen molar-refractivity contribution in [3.8, 4) is 0 Å². The molecule has 0 N–H and O–H groups in total. The van der Waals surface area contributed by atoms with Crippen LogP contribution in [0, 0.1) is 29.1 Å². The van der Waals surface area contributed by atoms with E-state index in [-0.39, 0.29) is 17.7 Å². The lowest BCUT2D eigenvalue weighted by Crippen LogP contribution is -2.70. The van der Waals surface area contributed by atoms with Gasteiger partial charge in [0.1, 0.15) is 5.44 Å². The molecule has 0 aromatic carbocycles. The zero-order valence-electron chi connectivity index (χ0n) is 19.3. The summed E-state index contributed by atoms with van der Waals surface area (Å²) < 4.78 is 18.4. The van der Waals surface area contributed by atoms with E-state index in [1.807, 2.05) is 27.7 Å². The van der Waals surface area contributed by atoms with Gasteiger partial charge in [0.25, 0.3) is 0 Å². The van der Waals surface area contributed by atoms with Crippen molar-refractivity contribution in [3.05, 3.63) is 0 Å². The summed E-state index contributed by atoms with van der Waals surface area (Å²) in [6, 6.07) is 0. The molecule has 4 aliphatic heterocycles. The van der Waals surface area contributed by atoms with Gasteiger partial charge >= 0.3 is 5.97 Å². The van der Waals surface area contributed by atoms with Gasteiger partial charge in [-0.1, -0.05) is 13.8 Å². The first-order valence-corrected chi connectivity index (χ1v) is 12.6. The predicted molar refractivity (Wildman–Crippen MR) is 114 cm³/mol. The van der Waals surface area contributed by atoms with Crippen molar-refractivity contribution in [2.24, 2.45) is 29.1 Å². The molecule has 4 heterocycles. The Morgan fingerprint density at radius 3 is 2.63 bits per heavy atom. The van der Waals surface area contributed by atoms with Crippen LogP contribution in [0.4, 0.5) is 0 Å². The number of ether oxygens (including phenoxy) is 3. The summed E-state index contributed by atoms with van der Waals surface area (Å²) in [7, 11) is 0. The highest BCUT2D eigenvalue weighted by Gasteiger charge is 2.69. The molecule has 8 atom stereocenters. The smallest absolute Gasteiger partial charge is 0.311 e. The van der Waals surface area contributed by atoms with E-state index in [2.05, 4.69) is 13.8 Å². The van der Waals surface area contributed by atoms with Crippen LogP contribution in [0.25, 0.3) is 0 Å². The Morgan fingerprint density at radius 2 is 1.90 bits per heavy atom. The topological polar surface area (TPSA) is 63.2 Å². The fourth-order valence-electron chi connectivity index (χ4n) is 5.70. The third-order valence-corrected chi connectivity index (χ3v) is 8.91. The number of esters is 1. The quantitative estimate of drug-likeness (QED) is 0.341. The fraction of sp³-hybridized carbons (Fsp3) is 0.957. The zero-order valence-corrected chi connectivity index (χ0v) is 20.1. The summed E-state index contributed by atoms with van der Waals surface area (Å²) in [4.78, 5) is 24.0. The van der Waals surface area contributed by atoms with Crippen LogP contribution >= 0.6 is 11.8 Å². The van der Waals surface area contributed by atoms with Crippen LogP contribution in [0.3, 0.4) is 0 Å². The molecule has 30 heavy (non-hydrogen) atoms. The molecule has 2 bridgehead atoms. The number of hydrogen-bond acceptors (Lipinski definition) is 7. The minimum atomic E-state index is -0.728. The SMILES string of the molecule is C[C@H]1[C@H](SCCCOC(=O)C(C)(C)C)O[C@@H]2OC3(C)CC[C@H]4[C@H](C)CC[C@@H]1[C@@]24OO3. The first-order valence-electron chi connectivity index (χ1n) is 11.6. The second-order valence-corrected chi connectivity index (χ2v) is 12.1. The summed E-state index contributed by atoms with van der Waals surface area (Å²) in [6.07, 6.45) is 4.65. The van der Waals surface area contributed by atoms with Crippen molar-refractivity contribution < 1.29 is 28.8 Å². The molecule has 1 unspecified atom stereocenters. The molecular weight excluding hydrogens is 404 g/mol. The van der Waals surface area contributed by atoms with Gasteiger partial charge in [0.05, 0.1) is 12.0 Å². The van der Waals surface area contributed by atoms with Crippen molar-refractivity contribution >= 4 is 17.7 Å². The molecule has 0 aromatic rings. The summed E-state index contributed by atoms with van der Waals surface area (Å²) in [6.45, 7) is 12.7. The lowest BCUT2D eigenvalue weighted by molar-refractivity contribution is -0.568. The maximum Gasteiger partial charge on any atom is 0.311 e. The second kappa shape index (κ2) is 8.22. The van der Waals surface area contributed by atoms with Crippen LogP contribution in [0.1, 0.15) is 73.6 Å². The maximum absolute atomic E-state index is 11.9. The van der Waals surface area contributed by atoms with E-state index >= 15 is 0 Å². The Bertz CT molecular complexity index is 650. The van der Waals surface area contributed by atoms with Gasteiger partial charge in [-0.2, -0.15) is 0 Å². The monoisotopic (exact) mass is 442 g/mol. The predicted octanol–water partition coefficient (Wildman–Crippen LogP) is 4.91. The Labute approximate surface area is 185 Å². The molecule has 0 radical (unpaired) electrons. The van der Waals surface area contributed by atoms with Gasteiger partial charge < -0.3 is 14.2 Å². The van der Waals surface area contributed by atoms with Gasteiger partial charge in [-0.3, -0.25) is 4.79 Å². The van der Waals surface area contributed by atoms with Crippen molar-refractivity contribution in [2.75, 3.05) is 12.4 Å². The standard InChI is InChI=1S/C23H38O6S/c1-14-8-9-17-15(2)18(30-13-7-12-25-19(24)21(3,4)5)26-20-23(17)16(14)10-11-22(6,27-20)28-29-23/h14-18,20H,7-13H2,1-6H3/t14-,15-,16+,17+,18+,20-,22?,23-/m1/s1. The summed E-state index contributed by atoms with van der Waals surface area (Å²) >= 11 is 1.81. The Balaban J connectivity index is 1.40. The molecule has 1 saturated carbocycles. The van der Waals surface area contributed by atoms with Crippen LogP contribution in [-0.4, -0.2) is 41.4 Å². The van der Waals surface area contributed by atoms with Crippen molar-refractivity contribution in [2.45, 2.75) is 96.8 Å². The van der Waals surface area contributed by atoms with Crippen LogP contribution in [0.2, 0.25) is 0 Å². The Hall–Kier alpha value is -0.340. The van der Waals surface area contributed by atoms with Crippen LogP contribution in [0.15, 0.2) is 0 Å². The Kier molecular flexibility index (Phi) is 6.26. The molecule has 172 valence electrons. The summed E-state index contributed by atoms with van der Waals surface area (Å²) in [5, 5.41) is 0. The van der Waals surface area contributed by atoms with Gasteiger partial charge in [0.15, 0.2) is 11.9 Å². The number of rotatable bonds is 5. The number of carbonyl (C=O) groups excluding carboxylic acids is 1. The number of fused-ring (bicyclic) bond motifs is 2. The normalized spacial score (nSPS) is 45.5. The average molecular weight is 443 g/mol. The number of carbonyl (C=O) groups is 1. The van der Waals surface area contributed by atoms with Gasteiger partial charge in [0, 0.05) is 12.3 Å². The van der Waals surface area contributed by atoms with E-state index in [0.29, 0.717) is 30.3 Å². The Morgan fingerprint density at radius 1 is 1.13 bits per heavy atom. The molecule has 1 spiro atoms. The summed E-state index contributed by atoms with van der Waals surface area (Å²) in [5.74, 6) is 1.68. The first kappa shape index (κ1) is 22.8. The molecule has 5 rings (SSSR count). The van der Waals surface area contributed by atoms with E-state index in [1.54, 1.807) is 11.8 Å². The molecule has 6 nitrogen and oxygen atoms in total. The van der Waals surface area contributed by atoms with E-state index in [9.17, 15) is 4.79 Å². The van der Waals surface area contributed by atoms with Gasteiger partial charge in [-0.05, 0) is 76.9 Å². The minimum Gasteiger partial charge on any atom is -0.465 e. The third kappa shape index (κ3) is 3.94. The lowest BCUT2D eigenvalue weighted by atomic mass is 9.58. The first-order chi connectivity index (χ1) is 14.1. The molecule has 1 aliphatic carbocycles. The molecule has 5 fully saturated rings. The number of hydrogen-bond donors (Lipinski definition) is 0. The minimum absolute atomic E-state index is 0.0459. The maximum atomic E-state index is 11.9. The van der Waals surface area contributed by atoms with E-state index in [4.69, 9.17) is 24.0 Å². The lowest BCUT2D eigenvalue weighted by Gasteiger charge is -2.60. The van der Waals surface area contributed by atoms with Crippen LogP contribution < -0.4 is 0 Å². The molecular formula is C23H38O6S. The highest BCUT2D eigenvalue weighted by atomic mass is 32.2. The van der Waals surface area contributed by atoms with Crippen molar-refractivity contribution in [1.82, 2.24) is 0 Å². The highest BCUT2D eigenvalue weighted by molar-refractivity contribution is 7.99. The second-order valence-electron chi connectivity index (χ2n) is 10.9. The van der Waals surface area contributed by atoms with E-state index in [0.717, 1.165) is 31.4 Å². The number of thioether (sulfide) groups is 1. The largest absolute Gasteiger partial charge is 0.465 e. The van der Waals surface area contributed by atoms with E-state index in [1.165, 1.54) is 6.42 Å². The molecule has 5 aliphatic rings. The van der Waals surface area contributed by atoms with Crippen LogP contribution in [-0.2, 0) is 28.8 Å². The van der Waals surface area contributed by atoms with Gasteiger partial charge in [-0.15, -0.1) is 11.8 Å². The van der Waals surface area contributed by atoms with E-state index < -0.39 is 16.8 Å². The highest BCUT2D eigenvalue weighted by Crippen LogP contribution is 2.61. The van der Waals surface area contributed by atoms with Crippen LogP contribution in [0.5, 0.6) is 0 Å². The summed E-state index contributed by atoms with van der Waals surface area (Å²) in [5.41, 5.74) is -0.901. The molecule has 4 saturated heterocycles. The zero-order chi connectivity index (χ0) is 21.7.